The van der Waals surface area contributed by atoms with Crippen LogP contribution in [-0.4, -0.2) is 48.6 Å². The van der Waals surface area contributed by atoms with Gasteiger partial charge in [0.15, 0.2) is 0 Å². The minimum Gasteiger partial charge on any atom is -0.383 e. The highest BCUT2D eigenvalue weighted by Crippen LogP contribution is 2.29. The zero-order valence-corrected chi connectivity index (χ0v) is 13.4. The van der Waals surface area contributed by atoms with E-state index >= 15 is 0 Å². The zero-order chi connectivity index (χ0) is 15.4. The van der Waals surface area contributed by atoms with E-state index in [0.29, 0.717) is 13.0 Å². The van der Waals surface area contributed by atoms with Crippen molar-refractivity contribution in [1.82, 2.24) is 10.2 Å². The first-order chi connectivity index (χ1) is 10.0. The summed E-state index contributed by atoms with van der Waals surface area (Å²) in [6.45, 7) is 4.44. The van der Waals surface area contributed by atoms with Gasteiger partial charge in [-0.25, -0.2) is 0 Å². The molecule has 1 aliphatic heterocycles. The first kappa shape index (κ1) is 16.3. The molecule has 5 nitrogen and oxygen atoms in total. The topological polar surface area (TPSA) is 58.6 Å². The van der Waals surface area contributed by atoms with Gasteiger partial charge in [-0.05, 0) is 32.6 Å². The van der Waals surface area contributed by atoms with Crippen molar-refractivity contribution in [1.29, 1.82) is 0 Å². The molecule has 1 saturated carbocycles. The fraction of sp³-hybridized carbons (Fsp3) is 0.875. The van der Waals surface area contributed by atoms with E-state index in [0.717, 1.165) is 25.7 Å². The lowest BCUT2D eigenvalue weighted by Crippen LogP contribution is -2.54. The van der Waals surface area contributed by atoms with Gasteiger partial charge >= 0.3 is 0 Å². The quantitative estimate of drug-likeness (QED) is 0.859. The molecule has 2 aliphatic rings. The number of hydrogen-bond acceptors (Lipinski definition) is 3. The number of carbonyl (C=O) groups excluding carboxylic acids is 2. The van der Waals surface area contributed by atoms with Crippen LogP contribution in [-0.2, 0) is 14.3 Å². The SMILES string of the molecule is COCC(C)N1C(=O)C(C2CCCCC2)NC(=O)CC1C. The minimum absolute atomic E-state index is 0.00135. The number of methoxy groups -OCH3 is 1. The van der Waals surface area contributed by atoms with Gasteiger partial charge < -0.3 is 15.0 Å². The van der Waals surface area contributed by atoms with E-state index in [2.05, 4.69) is 5.32 Å². The van der Waals surface area contributed by atoms with E-state index in [9.17, 15) is 9.59 Å². The summed E-state index contributed by atoms with van der Waals surface area (Å²) in [4.78, 5) is 26.9. The zero-order valence-electron chi connectivity index (χ0n) is 13.4. The van der Waals surface area contributed by atoms with E-state index in [4.69, 9.17) is 4.74 Å². The van der Waals surface area contributed by atoms with E-state index in [1.807, 2.05) is 18.7 Å². The van der Waals surface area contributed by atoms with Crippen LogP contribution in [0.2, 0.25) is 0 Å². The maximum absolute atomic E-state index is 13.0. The highest BCUT2D eigenvalue weighted by Gasteiger charge is 2.40. The van der Waals surface area contributed by atoms with Crippen LogP contribution in [0.1, 0.15) is 52.4 Å². The summed E-state index contributed by atoms with van der Waals surface area (Å²) in [6, 6.07) is -0.422. The lowest BCUT2D eigenvalue weighted by Gasteiger charge is -2.36. The normalized spacial score (nSPS) is 30.0. The molecule has 120 valence electrons. The Morgan fingerprint density at radius 1 is 1.29 bits per heavy atom. The molecule has 0 aromatic heterocycles. The fourth-order valence-corrected chi connectivity index (χ4v) is 3.80. The Balaban J connectivity index is 2.19. The number of hydrogen-bond donors (Lipinski definition) is 1. The van der Waals surface area contributed by atoms with Gasteiger partial charge in [0.05, 0.1) is 12.6 Å². The van der Waals surface area contributed by atoms with Gasteiger partial charge in [0.2, 0.25) is 11.8 Å². The van der Waals surface area contributed by atoms with Gasteiger partial charge in [-0.3, -0.25) is 9.59 Å². The third-order valence-corrected chi connectivity index (χ3v) is 4.80. The summed E-state index contributed by atoms with van der Waals surface area (Å²) in [5, 5.41) is 2.98. The van der Waals surface area contributed by atoms with Gasteiger partial charge in [-0.2, -0.15) is 0 Å². The molecule has 2 rings (SSSR count). The van der Waals surface area contributed by atoms with E-state index < -0.39 is 0 Å². The number of carbonyl (C=O) groups is 2. The third-order valence-electron chi connectivity index (χ3n) is 4.80. The smallest absolute Gasteiger partial charge is 0.246 e. The highest BCUT2D eigenvalue weighted by molar-refractivity contribution is 5.90. The molecule has 2 fully saturated rings. The Kier molecular flexibility index (Phi) is 5.62. The molecule has 1 saturated heterocycles. The molecule has 5 heteroatoms. The lowest BCUT2D eigenvalue weighted by atomic mass is 9.83. The Morgan fingerprint density at radius 3 is 2.57 bits per heavy atom. The van der Waals surface area contributed by atoms with Gasteiger partial charge in [0.1, 0.15) is 6.04 Å². The standard InChI is InChI=1S/C16H28N2O3/c1-11-9-14(19)17-15(13-7-5-4-6-8-13)16(20)18(11)12(2)10-21-3/h11-13,15H,4-10H2,1-3H3,(H,17,19). The van der Waals surface area contributed by atoms with Crippen LogP contribution in [0.5, 0.6) is 0 Å². The van der Waals surface area contributed by atoms with Gasteiger partial charge in [-0.15, -0.1) is 0 Å². The van der Waals surface area contributed by atoms with E-state index in [1.54, 1.807) is 7.11 Å². The molecule has 3 atom stereocenters. The van der Waals surface area contributed by atoms with Crippen molar-refractivity contribution in [3.8, 4) is 0 Å². The van der Waals surface area contributed by atoms with Crippen LogP contribution < -0.4 is 5.32 Å². The van der Waals surface area contributed by atoms with Gasteiger partial charge in [-0.1, -0.05) is 19.3 Å². The Labute approximate surface area is 127 Å². The first-order valence-corrected chi connectivity index (χ1v) is 8.15. The number of ether oxygens (including phenoxy) is 1. The van der Waals surface area contributed by atoms with Crippen molar-refractivity contribution in [3.05, 3.63) is 0 Å². The van der Waals surface area contributed by atoms with Crippen molar-refractivity contribution in [2.45, 2.75) is 70.5 Å². The molecule has 1 N–H and O–H groups in total. The Morgan fingerprint density at radius 2 is 1.95 bits per heavy atom. The van der Waals surface area contributed by atoms with Crippen molar-refractivity contribution in [2.24, 2.45) is 5.92 Å². The summed E-state index contributed by atoms with van der Waals surface area (Å²) in [6.07, 6.45) is 6.02. The third kappa shape index (κ3) is 3.76. The van der Waals surface area contributed by atoms with Crippen LogP contribution in [0.3, 0.4) is 0 Å². The second kappa shape index (κ2) is 7.25. The van der Waals surface area contributed by atoms with Crippen LogP contribution in [0.25, 0.3) is 0 Å². The van der Waals surface area contributed by atoms with E-state index in [-0.39, 0.29) is 35.9 Å². The summed E-state index contributed by atoms with van der Waals surface area (Å²) in [7, 11) is 1.64. The fourth-order valence-electron chi connectivity index (χ4n) is 3.80. The molecule has 0 spiro atoms. The average Bonchev–Trinajstić information content (AvgIpc) is 2.56. The van der Waals surface area contributed by atoms with Gasteiger partial charge in [0, 0.05) is 19.6 Å². The van der Waals surface area contributed by atoms with Gasteiger partial charge in [0.25, 0.3) is 0 Å². The number of nitrogens with zero attached hydrogens (tertiary/aromatic N) is 1. The minimum atomic E-state index is -0.345. The largest absolute Gasteiger partial charge is 0.383 e. The molecule has 2 amide bonds. The monoisotopic (exact) mass is 296 g/mol. The van der Waals surface area contributed by atoms with E-state index in [1.165, 1.54) is 6.42 Å². The first-order valence-electron chi connectivity index (χ1n) is 8.15. The van der Waals surface area contributed by atoms with Crippen LogP contribution in [0.15, 0.2) is 0 Å². The molecule has 0 aromatic rings. The molecule has 1 heterocycles. The molecule has 0 aromatic carbocycles. The van der Waals surface area contributed by atoms with Crippen molar-refractivity contribution in [2.75, 3.05) is 13.7 Å². The maximum Gasteiger partial charge on any atom is 0.246 e. The van der Waals surface area contributed by atoms with Crippen molar-refractivity contribution in [3.63, 3.8) is 0 Å². The molecule has 3 unspecified atom stereocenters. The number of amides is 2. The molecule has 0 radical (unpaired) electrons. The van der Waals surface area contributed by atoms with Crippen molar-refractivity contribution >= 4 is 11.8 Å². The molecular formula is C16H28N2O3. The van der Waals surface area contributed by atoms with Crippen LogP contribution in [0, 0.1) is 5.92 Å². The molecule has 21 heavy (non-hydrogen) atoms. The maximum atomic E-state index is 13.0. The molecule has 1 aliphatic carbocycles. The van der Waals surface area contributed by atoms with Crippen LogP contribution >= 0.6 is 0 Å². The Hall–Kier alpha value is -1.10. The lowest BCUT2D eigenvalue weighted by molar-refractivity contribution is -0.140. The number of rotatable bonds is 4. The van der Waals surface area contributed by atoms with Crippen LogP contribution in [0.4, 0.5) is 0 Å². The summed E-state index contributed by atoms with van der Waals surface area (Å²) in [5.74, 6) is 0.362. The summed E-state index contributed by atoms with van der Waals surface area (Å²) >= 11 is 0. The molecular weight excluding hydrogens is 268 g/mol. The number of nitrogens with one attached hydrogen (secondary N) is 1. The Bertz CT molecular complexity index is 380. The summed E-state index contributed by atoms with van der Waals surface area (Å²) in [5.41, 5.74) is 0. The average molecular weight is 296 g/mol. The predicted molar refractivity (Wildman–Crippen MR) is 80.8 cm³/mol. The second-order valence-corrected chi connectivity index (χ2v) is 6.55. The highest BCUT2D eigenvalue weighted by atomic mass is 16.5. The second-order valence-electron chi connectivity index (χ2n) is 6.55. The predicted octanol–water partition coefficient (Wildman–Crippen LogP) is 1.71. The van der Waals surface area contributed by atoms with Crippen molar-refractivity contribution < 1.29 is 14.3 Å². The molecule has 0 bridgehead atoms. The summed E-state index contributed by atoms with van der Waals surface area (Å²) < 4.78 is 5.20.